The molecule has 2 aliphatic heterocycles. The van der Waals surface area contributed by atoms with Crippen molar-refractivity contribution >= 4 is 0 Å². The first kappa shape index (κ1) is 30.8. The Morgan fingerprint density at radius 1 is 1.18 bits per heavy atom. The molecular weight excluding hydrogens is 576 g/mol. The van der Waals surface area contributed by atoms with Gasteiger partial charge in [0.05, 0.1) is 18.3 Å². The Bertz CT molecular complexity index is 1290. The summed E-state index contributed by atoms with van der Waals surface area (Å²) in [7, 11) is 1.83. The molecule has 8 rings (SSSR count). The topological polar surface area (TPSA) is 130 Å². The maximum atomic E-state index is 12.3. The van der Waals surface area contributed by atoms with Crippen LogP contribution >= 0.6 is 0 Å². The van der Waals surface area contributed by atoms with E-state index in [9.17, 15) is 20.2 Å². The van der Waals surface area contributed by atoms with Crippen LogP contribution < -0.4 is 0 Å². The van der Waals surface area contributed by atoms with Crippen molar-refractivity contribution < 1.29 is 34.3 Å². The monoisotopic (exact) mass is 628 g/mol. The average molecular weight is 629 g/mol. The third kappa shape index (κ3) is 3.96. The van der Waals surface area contributed by atoms with Crippen molar-refractivity contribution in [1.29, 1.82) is 0 Å². The highest BCUT2D eigenvalue weighted by Gasteiger charge is 2.89. The quantitative estimate of drug-likeness (QED) is 0.217. The number of rotatable bonds is 12. The number of aliphatic hydroxyl groups excluding tert-OH is 2. The number of ether oxygens (including phenoxy) is 4. The first-order valence-electron chi connectivity index (χ1n) is 17.4. The van der Waals surface area contributed by atoms with Crippen molar-refractivity contribution in [2.45, 2.75) is 109 Å². The Balaban J connectivity index is 1.17. The van der Waals surface area contributed by atoms with Crippen molar-refractivity contribution in [1.82, 2.24) is 4.90 Å². The summed E-state index contributed by atoms with van der Waals surface area (Å²) in [5.74, 6) is 3.52. The number of nitroso groups, excluding NO2 is 1. The summed E-state index contributed by atoms with van der Waals surface area (Å²) in [5.41, 5.74) is -1.90. The van der Waals surface area contributed by atoms with Crippen LogP contribution in [0.25, 0.3) is 0 Å². The zero-order chi connectivity index (χ0) is 31.7. The lowest BCUT2D eigenvalue weighted by molar-refractivity contribution is -0.282. The van der Waals surface area contributed by atoms with E-state index >= 15 is 0 Å². The number of aliphatic hydroxyl groups is 3. The number of fused-ring (bicyclic) bond motifs is 5. The third-order valence-corrected chi connectivity index (χ3v) is 14.3. The Morgan fingerprint density at radius 2 is 1.96 bits per heavy atom. The first-order chi connectivity index (χ1) is 21.3. The van der Waals surface area contributed by atoms with Gasteiger partial charge in [0.1, 0.15) is 24.0 Å². The van der Waals surface area contributed by atoms with Gasteiger partial charge in [0.15, 0.2) is 5.76 Å². The molecule has 45 heavy (non-hydrogen) atoms. The number of hydrogen-bond acceptors (Lipinski definition) is 10. The Kier molecular flexibility index (Phi) is 6.82. The molecule has 0 aromatic heterocycles. The minimum absolute atomic E-state index is 0.0192. The van der Waals surface area contributed by atoms with E-state index in [-0.39, 0.29) is 53.8 Å². The highest BCUT2D eigenvalue weighted by Crippen LogP contribution is 2.85. The van der Waals surface area contributed by atoms with Gasteiger partial charge >= 0.3 is 6.48 Å². The highest BCUT2D eigenvalue weighted by atomic mass is 16.8. The summed E-state index contributed by atoms with van der Waals surface area (Å²) in [6.45, 7) is 8.99. The fourth-order valence-corrected chi connectivity index (χ4v) is 12.2. The van der Waals surface area contributed by atoms with Crippen LogP contribution in [0.15, 0.2) is 28.8 Å². The van der Waals surface area contributed by atoms with Crippen LogP contribution in [0.3, 0.4) is 0 Å². The van der Waals surface area contributed by atoms with E-state index in [1.807, 2.05) is 20.1 Å². The second kappa shape index (κ2) is 9.98. The smallest absolute Gasteiger partial charge is 0.313 e. The fraction of sp³-hybridized carbons (Fsp3) is 0.886. The summed E-state index contributed by atoms with van der Waals surface area (Å²) < 4.78 is 25.5. The van der Waals surface area contributed by atoms with E-state index in [0.717, 1.165) is 43.9 Å². The highest BCUT2D eigenvalue weighted by molar-refractivity contribution is 5.46. The molecule has 2 heterocycles. The van der Waals surface area contributed by atoms with Gasteiger partial charge in [0.25, 0.3) is 0 Å². The van der Waals surface area contributed by atoms with Gasteiger partial charge in [-0.05, 0) is 87.0 Å². The third-order valence-electron chi connectivity index (χ3n) is 14.3. The standard InChI is InChI=1S/C35H52N2O8/c1-31(2,3)32(4,40)24-11-8-20-14-35(24,42-5)29-34-17-33(18-37(16-19-6-7-19)28(33)25(20)34)22-9-10-23(27(45-29)26(22)34)44-30(39)43-13-12-21(38)15-36-41/h9-10,19-22,24-26,28-30,38-40H,6-8,11-18H2,1-5H3/t20?,21?,22?,24?,25?,26-,28?,29?,30?,32?,33?,34?,35-/m1/s1. The molecule has 8 aliphatic rings. The van der Waals surface area contributed by atoms with Crippen LogP contribution in [0.4, 0.5) is 0 Å². The van der Waals surface area contributed by atoms with Crippen molar-refractivity contribution in [3.05, 3.63) is 28.6 Å². The van der Waals surface area contributed by atoms with Crippen LogP contribution in [0.2, 0.25) is 0 Å². The lowest BCUT2D eigenvalue weighted by Crippen LogP contribution is -2.75. The van der Waals surface area contributed by atoms with Gasteiger partial charge in [-0.3, -0.25) is 4.90 Å². The molecule has 11 unspecified atom stereocenters. The van der Waals surface area contributed by atoms with Gasteiger partial charge in [-0.1, -0.05) is 32.0 Å². The van der Waals surface area contributed by atoms with Gasteiger partial charge in [-0.15, -0.1) is 0 Å². The predicted molar refractivity (Wildman–Crippen MR) is 164 cm³/mol. The fourth-order valence-electron chi connectivity index (χ4n) is 12.2. The summed E-state index contributed by atoms with van der Waals surface area (Å²) >= 11 is 0. The van der Waals surface area contributed by atoms with Crippen molar-refractivity contribution in [3.8, 4) is 0 Å². The second-order valence-electron chi connectivity index (χ2n) is 17.2. The lowest BCUT2D eigenvalue weighted by atomic mass is 9.42. The van der Waals surface area contributed by atoms with Gasteiger partial charge in [0, 0.05) is 48.9 Å². The van der Waals surface area contributed by atoms with Gasteiger partial charge in [-0.25, -0.2) is 0 Å². The molecule has 2 spiro atoms. The van der Waals surface area contributed by atoms with Crippen LogP contribution in [-0.4, -0.2) is 89.5 Å². The Labute approximate surface area is 266 Å². The van der Waals surface area contributed by atoms with E-state index in [0.29, 0.717) is 29.6 Å². The van der Waals surface area contributed by atoms with Crippen molar-refractivity contribution in [2.24, 2.45) is 56.9 Å². The summed E-state index contributed by atoms with van der Waals surface area (Å²) in [5, 5.41) is 35.6. The molecule has 6 aliphatic carbocycles. The van der Waals surface area contributed by atoms with Crippen LogP contribution in [0.1, 0.15) is 72.6 Å². The number of methoxy groups -OCH3 is 1. The maximum absolute atomic E-state index is 12.3. The molecule has 10 nitrogen and oxygen atoms in total. The van der Waals surface area contributed by atoms with Crippen molar-refractivity contribution in [3.63, 3.8) is 0 Å². The SMILES string of the molecule is CO[C@]12CC(CCC1C(C)(O)C(C)(C)C)C1C3N(CC4CC4)CC34CC13C2OC1=C(OC(O)OCCC(O)CN=O)C=CC4[C@H]13. The first-order valence-corrected chi connectivity index (χ1v) is 17.4. The summed E-state index contributed by atoms with van der Waals surface area (Å²) in [6, 6.07) is 0.553. The molecule has 2 saturated heterocycles. The molecule has 0 amide bonds. The van der Waals surface area contributed by atoms with E-state index < -0.39 is 23.8 Å². The number of hydrogen-bond donors (Lipinski definition) is 3. The summed E-state index contributed by atoms with van der Waals surface area (Å²) in [6.07, 6.45) is 10.0. The minimum atomic E-state index is -1.54. The molecular formula is C35H52N2O8. The van der Waals surface area contributed by atoms with Gasteiger partial charge < -0.3 is 34.3 Å². The molecule has 0 aromatic carbocycles. The molecule has 5 saturated carbocycles. The lowest BCUT2D eigenvalue weighted by Gasteiger charge is -2.68. The summed E-state index contributed by atoms with van der Waals surface area (Å²) in [4.78, 5) is 13.3. The molecule has 0 radical (unpaired) electrons. The molecule has 7 fully saturated rings. The zero-order valence-electron chi connectivity index (χ0n) is 27.5. The largest absolute Gasteiger partial charge is 0.487 e. The number of allylic oxidation sites excluding steroid dienone is 3. The molecule has 3 N–H and O–H groups in total. The molecule has 10 heteroatoms. The van der Waals surface area contributed by atoms with E-state index in [4.69, 9.17) is 18.9 Å². The Morgan fingerprint density at radius 3 is 2.64 bits per heavy atom. The maximum Gasteiger partial charge on any atom is 0.313 e. The minimum Gasteiger partial charge on any atom is -0.487 e. The zero-order valence-corrected chi connectivity index (χ0v) is 27.5. The molecule has 4 bridgehead atoms. The molecule has 0 aromatic rings. The average Bonchev–Trinajstić information content (AvgIpc) is 3.58. The van der Waals surface area contributed by atoms with E-state index in [2.05, 4.69) is 36.9 Å². The van der Waals surface area contributed by atoms with Crippen LogP contribution in [-0.2, 0) is 18.9 Å². The predicted octanol–water partition coefficient (Wildman–Crippen LogP) is 3.94. The van der Waals surface area contributed by atoms with Crippen LogP contribution in [0, 0.1) is 56.7 Å². The van der Waals surface area contributed by atoms with E-state index in [1.165, 1.54) is 19.4 Å². The normalized spacial score (nSPS) is 46.5. The number of nitrogens with zero attached hydrogens (tertiary/aromatic N) is 2. The van der Waals surface area contributed by atoms with Gasteiger partial charge in [0.2, 0.25) is 0 Å². The Hall–Kier alpha value is -1.56. The van der Waals surface area contributed by atoms with Crippen LogP contribution in [0.5, 0.6) is 0 Å². The van der Waals surface area contributed by atoms with Crippen molar-refractivity contribution in [2.75, 3.05) is 33.4 Å². The molecule has 250 valence electrons. The molecule has 13 atom stereocenters. The van der Waals surface area contributed by atoms with Gasteiger partial charge in [-0.2, -0.15) is 4.91 Å². The second-order valence-corrected chi connectivity index (χ2v) is 17.2. The number of likely N-dealkylation sites (tertiary alicyclic amines) is 1. The van der Waals surface area contributed by atoms with E-state index in [1.54, 1.807) is 0 Å².